The Morgan fingerprint density at radius 2 is 1.67 bits per heavy atom. The predicted octanol–water partition coefficient (Wildman–Crippen LogP) is 2.41. The molecule has 0 bridgehead atoms. The fourth-order valence-corrected chi connectivity index (χ4v) is 3.66. The third-order valence-corrected chi connectivity index (χ3v) is 5.05. The second-order valence-corrected chi connectivity index (χ2v) is 6.68. The van der Waals surface area contributed by atoms with E-state index in [4.69, 9.17) is 4.74 Å². The standard InChI is InChI=1S/C19H26N2O3/c1-24-19(23)21-10-4-9-20(11-12-21)18(22)14-15-7-8-16-5-2-3-6-17(16)13-15/h7-8,13H,2-6,9-12,14H2,1H3. The monoisotopic (exact) mass is 330 g/mol. The van der Waals surface area contributed by atoms with Crippen molar-refractivity contribution in [2.24, 2.45) is 0 Å². The van der Waals surface area contributed by atoms with E-state index in [0.717, 1.165) is 18.4 Å². The lowest BCUT2D eigenvalue weighted by Crippen LogP contribution is -2.37. The molecule has 0 N–H and O–H groups in total. The predicted molar refractivity (Wildman–Crippen MR) is 92.0 cm³/mol. The van der Waals surface area contributed by atoms with Gasteiger partial charge in [-0.2, -0.15) is 0 Å². The van der Waals surface area contributed by atoms with Crippen LogP contribution in [0.2, 0.25) is 0 Å². The number of benzene rings is 1. The van der Waals surface area contributed by atoms with Crippen LogP contribution in [0.4, 0.5) is 4.79 Å². The largest absolute Gasteiger partial charge is 0.453 e. The Hall–Kier alpha value is -2.04. The molecule has 1 aromatic carbocycles. The van der Waals surface area contributed by atoms with E-state index in [2.05, 4.69) is 18.2 Å². The maximum atomic E-state index is 12.6. The summed E-state index contributed by atoms with van der Waals surface area (Å²) >= 11 is 0. The molecule has 5 heteroatoms. The van der Waals surface area contributed by atoms with Gasteiger partial charge in [0.15, 0.2) is 0 Å². The Bertz CT molecular complexity index is 615. The first-order valence-corrected chi connectivity index (χ1v) is 8.88. The Kier molecular flexibility index (Phi) is 5.38. The zero-order valence-corrected chi connectivity index (χ0v) is 14.4. The van der Waals surface area contributed by atoms with Crippen molar-refractivity contribution in [1.29, 1.82) is 0 Å². The number of hydrogen-bond donors (Lipinski definition) is 0. The van der Waals surface area contributed by atoms with Crippen molar-refractivity contribution in [1.82, 2.24) is 9.80 Å². The summed E-state index contributed by atoms with van der Waals surface area (Å²) in [6, 6.07) is 6.50. The minimum Gasteiger partial charge on any atom is -0.453 e. The highest BCUT2D eigenvalue weighted by molar-refractivity contribution is 5.79. The molecule has 24 heavy (non-hydrogen) atoms. The molecule has 2 aliphatic rings. The third kappa shape index (κ3) is 3.89. The summed E-state index contributed by atoms with van der Waals surface area (Å²) in [5.41, 5.74) is 3.97. The molecule has 1 fully saturated rings. The lowest BCUT2D eigenvalue weighted by atomic mass is 9.90. The van der Waals surface area contributed by atoms with Crippen LogP contribution in [-0.4, -0.2) is 55.1 Å². The van der Waals surface area contributed by atoms with Gasteiger partial charge in [0, 0.05) is 26.2 Å². The van der Waals surface area contributed by atoms with E-state index in [1.165, 1.54) is 37.5 Å². The molecule has 5 nitrogen and oxygen atoms in total. The second-order valence-electron chi connectivity index (χ2n) is 6.68. The molecule has 2 amide bonds. The van der Waals surface area contributed by atoms with Crippen molar-refractivity contribution in [2.75, 3.05) is 33.3 Å². The van der Waals surface area contributed by atoms with Gasteiger partial charge in [-0.15, -0.1) is 0 Å². The molecule has 130 valence electrons. The van der Waals surface area contributed by atoms with Crippen molar-refractivity contribution < 1.29 is 14.3 Å². The molecule has 3 rings (SSSR count). The zero-order chi connectivity index (χ0) is 16.9. The molecule has 1 aliphatic carbocycles. The van der Waals surface area contributed by atoms with Gasteiger partial charge < -0.3 is 14.5 Å². The van der Waals surface area contributed by atoms with Crippen molar-refractivity contribution in [3.05, 3.63) is 34.9 Å². The van der Waals surface area contributed by atoms with E-state index in [1.54, 1.807) is 4.90 Å². The van der Waals surface area contributed by atoms with E-state index in [1.807, 2.05) is 4.90 Å². The molecule has 0 aromatic heterocycles. The number of methoxy groups -OCH3 is 1. The van der Waals surface area contributed by atoms with Crippen LogP contribution >= 0.6 is 0 Å². The fourth-order valence-electron chi connectivity index (χ4n) is 3.66. The normalized spacial score (nSPS) is 17.9. The summed E-state index contributed by atoms with van der Waals surface area (Å²) in [5, 5.41) is 0. The molecule has 1 saturated heterocycles. The molecule has 0 saturated carbocycles. The summed E-state index contributed by atoms with van der Waals surface area (Å²) in [7, 11) is 1.40. The van der Waals surface area contributed by atoms with Crippen LogP contribution in [0.1, 0.15) is 36.0 Å². The highest BCUT2D eigenvalue weighted by atomic mass is 16.5. The van der Waals surface area contributed by atoms with Crippen LogP contribution < -0.4 is 0 Å². The summed E-state index contributed by atoms with van der Waals surface area (Å²) < 4.78 is 4.77. The number of rotatable bonds is 2. The van der Waals surface area contributed by atoms with Gasteiger partial charge in [-0.3, -0.25) is 4.79 Å². The van der Waals surface area contributed by atoms with Gasteiger partial charge >= 0.3 is 6.09 Å². The first-order chi connectivity index (χ1) is 11.7. The summed E-state index contributed by atoms with van der Waals surface area (Å²) in [6.45, 7) is 2.48. The molecular formula is C19H26N2O3. The first kappa shape index (κ1) is 16.8. The number of carbonyl (C=O) groups is 2. The van der Waals surface area contributed by atoms with Crippen molar-refractivity contribution >= 4 is 12.0 Å². The highest BCUT2D eigenvalue weighted by Gasteiger charge is 2.22. The average molecular weight is 330 g/mol. The number of fused-ring (bicyclic) bond motifs is 1. The van der Waals surface area contributed by atoms with E-state index in [-0.39, 0.29) is 12.0 Å². The lowest BCUT2D eigenvalue weighted by molar-refractivity contribution is -0.130. The Morgan fingerprint density at radius 1 is 0.958 bits per heavy atom. The van der Waals surface area contributed by atoms with Crippen LogP contribution in [0.15, 0.2) is 18.2 Å². The number of nitrogens with zero attached hydrogens (tertiary/aromatic N) is 2. The first-order valence-electron chi connectivity index (χ1n) is 8.88. The fraction of sp³-hybridized carbons (Fsp3) is 0.579. The van der Waals surface area contributed by atoms with Gasteiger partial charge in [-0.05, 0) is 48.8 Å². The number of ether oxygens (including phenoxy) is 1. The van der Waals surface area contributed by atoms with Gasteiger partial charge in [0.2, 0.25) is 5.91 Å². The lowest BCUT2D eigenvalue weighted by Gasteiger charge is -2.22. The zero-order valence-electron chi connectivity index (χ0n) is 14.4. The van der Waals surface area contributed by atoms with Gasteiger partial charge in [-0.25, -0.2) is 4.79 Å². The minimum atomic E-state index is -0.306. The Morgan fingerprint density at radius 3 is 2.46 bits per heavy atom. The third-order valence-electron chi connectivity index (χ3n) is 5.05. The van der Waals surface area contributed by atoms with E-state index in [9.17, 15) is 9.59 Å². The van der Waals surface area contributed by atoms with E-state index < -0.39 is 0 Å². The smallest absolute Gasteiger partial charge is 0.409 e. The Balaban J connectivity index is 1.59. The van der Waals surface area contributed by atoms with Gasteiger partial charge in [0.05, 0.1) is 13.5 Å². The second kappa shape index (κ2) is 7.69. The van der Waals surface area contributed by atoms with E-state index in [0.29, 0.717) is 32.6 Å². The number of aryl methyl sites for hydroxylation is 2. The van der Waals surface area contributed by atoms with Crippen LogP contribution in [0.3, 0.4) is 0 Å². The molecule has 1 heterocycles. The molecule has 0 unspecified atom stereocenters. The maximum Gasteiger partial charge on any atom is 0.409 e. The molecular weight excluding hydrogens is 304 g/mol. The number of amides is 2. The molecule has 0 atom stereocenters. The maximum absolute atomic E-state index is 12.6. The quantitative estimate of drug-likeness (QED) is 0.837. The average Bonchev–Trinajstić information content (AvgIpc) is 2.87. The minimum absolute atomic E-state index is 0.150. The van der Waals surface area contributed by atoms with Gasteiger partial charge in [0.1, 0.15) is 0 Å². The Labute approximate surface area is 143 Å². The van der Waals surface area contributed by atoms with Crippen LogP contribution in [0.25, 0.3) is 0 Å². The topological polar surface area (TPSA) is 49.9 Å². The van der Waals surface area contributed by atoms with E-state index >= 15 is 0 Å². The molecule has 0 spiro atoms. The molecule has 1 aromatic rings. The SMILES string of the molecule is COC(=O)N1CCCN(C(=O)Cc2ccc3c(c2)CCCC3)CC1. The number of hydrogen-bond acceptors (Lipinski definition) is 3. The van der Waals surface area contributed by atoms with Gasteiger partial charge in [0.25, 0.3) is 0 Å². The summed E-state index contributed by atoms with van der Waals surface area (Å²) in [6.07, 6.45) is 5.76. The summed E-state index contributed by atoms with van der Waals surface area (Å²) in [4.78, 5) is 27.8. The van der Waals surface area contributed by atoms with Gasteiger partial charge in [-0.1, -0.05) is 18.2 Å². The molecule has 1 aliphatic heterocycles. The van der Waals surface area contributed by atoms with Crippen molar-refractivity contribution in [3.63, 3.8) is 0 Å². The van der Waals surface area contributed by atoms with Crippen LogP contribution in [0, 0.1) is 0 Å². The number of carbonyl (C=O) groups excluding carboxylic acids is 2. The molecule has 0 radical (unpaired) electrons. The van der Waals surface area contributed by atoms with Crippen LogP contribution in [0.5, 0.6) is 0 Å². The summed E-state index contributed by atoms with van der Waals surface area (Å²) in [5.74, 6) is 0.150. The van der Waals surface area contributed by atoms with Crippen molar-refractivity contribution in [2.45, 2.75) is 38.5 Å². The highest BCUT2D eigenvalue weighted by Crippen LogP contribution is 2.22. The van der Waals surface area contributed by atoms with Crippen LogP contribution in [-0.2, 0) is 28.8 Å². The van der Waals surface area contributed by atoms with Crippen molar-refractivity contribution in [3.8, 4) is 0 Å².